The topological polar surface area (TPSA) is 66.5 Å². The first-order valence-electron chi connectivity index (χ1n) is 7.98. The summed E-state index contributed by atoms with van der Waals surface area (Å²) >= 11 is 3.46. The zero-order valence-electron chi connectivity index (χ0n) is 13.7. The Hall–Kier alpha value is -2.47. The highest BCUT2D eigenvalue weighted by Crippen LogP contribution is 2.24. The SMILES string of the molecule is C[C@H](NC(=O)CCN1C(=O)c2ccccc2C1=O)c1ccccc1Br. The molecule has 6 heteroatoms. The molecule has 0 aliphatic carbocycles. The summed E-state index contributed by atoms with van der Waals surface area (Å²) in [5.41, 5.74) is 1.76. The first-order chi connectivity index (χ1) is 12.0. The highest BCUT2D eigenvalue weighted by Gasteiger charge is 2.35. The second-order valence-electron chi connectivity index (χ2n) is 5.87. The summed E-state index contributed by atoms with van der Waals surface area (Å²) in [4.78, 5) is 37.9. The van der Waals surface area contributed by atoms with Gasteiger partial charge in [-0.1, -0.05) is 46.3 Å². The van der Waals surface area contributed by atoms with Gasteiger partial charge in [0.05, 0.1) is 17.2 Å². The van der Waals surface area contributed by atoms with Gasteiger partial charge in [0.2, 0.25) is 5.91 Å². The third-order valence-electron chi connectivity index (χ3n) is 4.19. The molecule has 1 atom stereocenters. The van der Waals surface area contributed by atoms with Crippen LogP contribution in [0.5, 0.6) is 0 Å². The Morgan fingerprint density at radius 1 is 1.04 bits per heavy atom. The van der Waals surface area contributed by atoms with Gasteiger partial charge in [-0.3, -0.25) is 19.3 Å². The molecule has 1 aliphatic heterocycles. The van der Waals surface area contributed by atoms with E-state index < -0.39 is 0 Å². The number of nitrogens with one attached hydrogen (secondary N) is 1. The van der Waals surface area contributed by atoms with Crippen LogP contribution in [0.15, 0.2) is 53.0 Å². The fourth-order valence-electron chi connectivity index (χ4n) is 2.87. The standard InChI is InChI=1S/C19H17BrN2O3/c1-12(13-6-4-5-9-16(13)20)21-17(23)10-11-22-18(24)14-7-2-3-8-15(14)19(22)25/h2-9,12H,10-11H2,1H3,(H,21,23)/t12-/m0/s1. The second kappa shape index (κ2) is 7.19. The lowest BCUT2D eigenvalue weighted by atomic mass is 10.1. The van der Waals surface area contributed by atoms with Gasteiger partial charge in [-0.2, -0.15) is 0 Å². The van der Waals surface area contributed by atoms with Gasteiger partial charge in [0.1, 0.15) is 0 Å². The van der Waals surface area contributed by atoms with Crippen molar-refractivity contribution in [3.05, 3.63) is 69.7 Å². The van der Waals surface area contributed by atoms with E-state index in [9.17, 15) is 14.4 Å². The van der Waals surface area contributed by atoms with E-state index in [1.54, 1.807) is 24.3 Å². The minimum Gasteiger partial charge on any atom is -0.349 e. The Morgan fingerprint density at radius 2 is 1.60 bits per heavy atom. The maximum Gasteiger partial charge on any atom is 0.261 e. The van der Waals surface area contributed by atoms with Gasteiger partial charge >= 0.3 is 0 Å². The first kappa shape index (κ1) is 17.4. The average molecular weight is 401 g/mol. The van der Waals surface area contributed by atoms with E-state index in [0.29, 0.717) is 11.1 Å². The fourth-order valence-corrected chi connectivity index (χ4v) is 3.50. The number of fused-ring (bicyclic) bond motifs is 1. The molecule has 0 aromatic heterocycles. The maximum atomic E-state index is 12.3. The van der Waals surface area contributed by atoms with Crippen LogP contribution < -0.4 is 5.32 Å². The number of rotatable bonds is 5. The molecule has 3 rings (SSSR count). The predicted molar refractivity (Wildman–Crippen MR) is 97.1 cm³/mol. The summed E-state index contributed by atoms with van der Waals surface area (Å²) in [5, 5.41) is 2.89. The van der Waals surface area contributed by atoms with Crippen LogP contribution in [0.3, 0.4) is 0 Å². The molecule has 0 saturated carbocycles. The Morgan fingerprint density at radius 3 is 2.20 bits per heavy atom. The van der Waals surface area contributed by atoms with Gasteiger partial charge in [-0.25, -0.2) is 0 Å². The molecule has 0 saturated heterocycles. The Bertz CT molecular complexity index is 815. The lowest BCUT2D eigenvalue weighted by molar-refractivity contribution is -0.121. The zero-order valence-corrected chi connectivity index (χ0v) is 15.2. The van der Waals surface area contributed by atoms with Crippen molar-refractivity contribution >= 4 is 33.7 Å². The van der Waals surface area contributed by atoms with Crippen LogP contribution in [0.4, 0.5) is 0 Å². The quantitative estimate of drug-likeness (QED) is 0.782. The molecule has 1 heterocycles. The average Bonchev–Trinajstić information content (AvgIpc) is 2.85. The molecule has 1 N–H and O–H groups in total. The fraction of sp³-hybridized carbons (Fsp3) is 0.211. The molecule has 128 valence electrons. The molecule has 0 unspecified atom stereocenters. The van der Waals surface area contributed by atoms with Crippen LogP contribution in [-0.4, -0.2) is 29.2 Å². The van der Waals surface area contributed by atoms with Crippen molar-refractivity contribution in [3.8, 4) is 0 Å². The molecule has 2 aromatic carbocycles. The summed E-state index contributed by atoms with van der Waals surface area (Å²) < 4.78 is 0.920. The molecule has 5 nitrogen and oxygen atoms in total. The smallest absolute Gasteiger partial charge is 0.261 e. The van der Waals surface area contributed by atoms with Gasteiger partial charge in [0.25, 0.3) is 11.8 Å². The molecule has 2 aromatic rings. The third-order valence-corrected chi connectivity index (χ3v) is 4.91. The number of benzene rings is 2. The van der Waals surface area contributed by atoms with Gasteiger partial charge in [0, 0.05) is 17.4 Å². The molecule has 25 heavy (non-hydrogen) atoms. The van der Waals surface area contributed by atoms with Gasteiger partial charge in [-0.05, 0) is 30.7 Å². The van der Waals surface area contributed by atoms with Crippen molar-refractivity contribution in [2.75, 3.05) is 6.54 Å². The number of hydrogen-bond donors (Lipinski definition) is 1. The molecule has 0 fully saturated rings. The number of carbonyl (C=O) groups excluding carboxylic acids is 3. The summed E-state index contributed by atoms with van der Waals surface area (Å²) in [6.45, 7) is 1.96. The highest BCUT2D eigenvalue weighted by atomic mass is 79.9. The normalized spacial score (nSPS) is 14.4. The Balaban J connectivity index is 1.59. The van der Waals surface area contributed by atoms with E-state index in [1.165, 1.54) is 0 Å². The summed E-state index contributed by atoms with van der Waals surface area (Å²) in [6.07, 6.45) is 0.0697. The van der Waals surface area contributed by atoms with Crippen molar-refractivity contribution in [3.63, 3.8) is 0 Å². The first-order valence-corrected chi connectivity index (χ1v) is 8.77. The minimum absolute atomic E-state index is 0.0697. The van der Waals surface area contributed by atoms with Crippen molar-refractivity contribution in [1.29, 1.82) is 0 Å². The molecular formula is C19H17BrN2O3. The van der Waals surface area contributed by atoms with Crippen LogP contribution in [-0.2, 0) is 4.79 Å². The van der Waals surface area contributed by atoms with Gasteiger partial charge in [0.15, 0.2) is 0 Å². The van der Waals surface area contributed by atoms with Crippen molar-refractivity contribution in [2.24, 2.45) is 0 Å². The monoisotopic (exact) mass is 400 g/mol. The Labute approximate surface area is 154 Å². The highest BCUT2D eigenvalue weighted by molar-refractivity contribution is 9.10. The van der Waals surface area contributed by atoms with Crippen molar-refractivity contribution < 1.29 is 14.4 Å². The lowest BCUT2D eigenvalue weighted by Gasteiger charge is -2.17. The van der Waals surface area contributed by atoms with Crippen molar-refractivity contribution in [2.45, 2.75) is 19.4 Å². The predicted octanol–water partition coefficient (Wildman–Crippen LogP) is 3.31. The number of imide groups is 1. The molecule has 1 aliphatic rings. The number of amides is 3. The van der Waals surface area contributed by atoms with E-state index in [-0.39, 0.29) is 36.7 Å². The molecule has 0 spiro atoms. The number of halogens is 1. The second-order valence-corrected chi connectivity index (χ2v) is 6.72. The van der Waals surface area contributed by atoms with Gasteiger partial charge < -0.3 is 5.32 Å². The number of carbonyl (C=O) groups is 3. The van der Waals surface area contributed by atoms with E-state index in [0.717, 1.165) is 14.9 Å². The van der Waals surface area contributed by atoms with E-state index >= 15 is 0 Å². The minimum atomic E-state index is -0.341. The lowest BCUT2D eigenvalue weighted by Crippen LogP contribution is -2.35. The van der Waals surface area contributed by atoms with Crippen LogP contribution >= 0.6 is 15.9 Å². The maximum absolute atomic E-state index is 12.3. The van der Waals surface area contributed by atoms with Crippen LogP contribution in [0.1, 0.15) is 45.7 Å². The van der Waals surface area contributed by atoms with E-state index in [2.05, 4.69) is 21.2 Å². The van der Waals surface area contributed by atoms with Crippen LogP contribution in [0.2, 0.25) is 0 Å². The van der Waals surface area contributed by atoms with Crippen molar-refractivity contribution in [1.82, 2.24) is 10.2 Å². The number of nitrogens with zero attached hydrogens (tertiary/aromatic N) is 1. The molecular weight excluding hydrogens is 384 g/mol. The molecule has 0 radical (unpaired) electrons. The third kappa shape index (κ3) is 3.49. The largest absolute Gasteiger partial charge is 0.349 e. The summed E-state index contributed by atoms with van der Waals surface area (Å²) in [7, 11) is 0. The molecule has 3 amide bonds. The van der Waals surface area contributed by atoms with Crippen LogP contribution in [0, 0.1) is 0 Å². The van der Waals surface area contributed by atoms with Gasteiger partial charge in [-0.15, -0.1) is 0 Å². The zero-order chi connectivity index (χ0) is 18.0. The summed E-state index contributed by atoms with van der Waals surface area (Å²) in [5.74, 6) is -0.890. The van der Waals surface area contributed by atoms with E-state index in [4.69, 9.17) is 0 Å². The summed E-state index contributed by atoms with van der Waals surface area (Å²) in [6, 6.07) is 14.2. The van der Waals surface area contributed by atoms with E-state index in [1.807, 2.05) is 31.2 Å². The Kier molecular flexibility index (Phi) is 4.99. The van der Waals surface area contributed by atoms with Crippen LogP contribution in [0.25, 0.3) is 0 Å². The molecule has 0 bridgehead atoms. The number of hydrogen-bond acceptors (Lipinski definition) is 3.